The number of piperidine rings is 1. The Kier molecular flexibility index (Phi) is 10.2. The topological polar surface area (TPSA) is 70.5 Å². The summed E-state index contributed by atoms with van der Waals surface area (Å²) >= 11 is 0. The second-order valence-corrected chi connectivity index (χ2v) is 19.1. The van der Waals surface area contributed by atoms with Crippen molar-refractivity contribution in [2.24, 2.45) is 5.92 Å². The lowest BCUT2D eigenvalue weighted by atomic mass is 9.80. The van der Waals surface area contributed by atoms with Crippen molar-refractivity contribution in [1.82, 2.24) is 15.1 Å². The summed E-state index contributed by atoms with van der Waals surface area (Å²) in [5.41, 5.74) is 0.406. The fraction of sp³-hybridized carbons (Fsp3) is 0.436. The molecule has 2 aliphatic rings. The quantitative estimate of drug-likeness (QED) is 0.166. The lowest BCUT2D eigenvalue weighted by Gasteiger charge is -2.49. The molecule has 1 atom stereocenters. The first-order chi connectivity index (χ1) is 23.3. The number of aryl methyl sites for hydroxylation is 1. The van der Waals surface area contributed by atoms with Crippen LogP contribution in [0.1, 0.15) is 64.0 Å². The Morgan fingerprint density at radius 3 is 2.14 bits per heavy atom. The first-order valence-electron chi connectivity index (χ1n) is 17.4. The van der Waals surface area contributed by atoms with Gasteiger partial charge in [0.25, 0.3) is 8.32 Å². The molecule has 0 unspecified atom stereocenters. The van der Waals surface area contributed by atoms with Crippen molar-refractivity contribution < 1.29 is 22.7 Å². The number of aromatic nitrogens is 2. The third-order valence-electron chi connectivity index (χ3n) is 10.2. The molecule has 0 bridgehead atoms. The number of anilines is 1. The number of phenolic OH excluding ortho intramolecular Hbond substituents is 1. The van der Waals surface area contributed by atoms with Crippen molar-refractivity contribution in [2.75, 3.05) is 25.0 Å². The van der Waals surface area contributed by atoms with Gasteiger partial charge in [-0.3, -0.25) is 0 Å². The van der Waals surface area contributed by atoms with Crippen molar-refractivity contribution in [3.05, 3.63) is 96.1 Å². The zero-order valence-electron chi connectivity index (χ0n) is 28.8. The third-order valence-corrected chi connectivity index (χ3v) is 15.3. The Bertz CT molecular complexity index is 1670. The lowest BCUT2D eigenvalue weighted by molar-refractivity contribution is -0.137. The van der Waals surface area contributed by atoms with Crippen LogP contribution in [0, 0.1) is 12.8 Å². The maximum absolute atomic E-state index is 13.1. The molecule has 1 saturated heterocycles. The molecule has 6 nitrogen and oxygen atoms in total. The number of hydrogen-bond donors (Lipinski definition) is 2. The Hall–Kier alpha value is -3.73. The minimum atomic E-state index is -4.53. The highest BCUT2D eigenvalue weighted by Gasteiger charge is 2.52. The molecule has 2 N–H and O–H groups in total. The standard InChI is InChI=1S/C39H47F3N4O2Si/c1-27-22-36(44-45-37(27)34-18-17-29(25-35(34)47)39(40,41)42)43-30-12-11-20-46(26-30)21-19-28-23-31(24-28)48-49(38(2,3)4,32-13-7-5-8-14-32)33-15-9-6-10-16-33/h5-10,13-18,22,25,28,30-31,47H,11-12,19-21,23-24,26H2,1-4H3,(H,43,44)/t28?,30-,31?/m1/s1. The predicted molar refractivity (Wildman–Crippen MR) is 192 cm³/mol. The first-order valence-corrected chi connectivity index (χ1v) is 19.3. The summed E-state index contributed by atoms with van der Waals surface area (Å²) in [7, 11) is -2.54. The molecule has 2 fully saturated rings. The normalized spacial score (nSPS) is 20.5. The van der Waals surface area contributed by atoms with E-state index in [1.807, 2.05) is 13.0 Å². The minimum absolute atomic E-state index is 0.0240. The van der Waals surface area contributed by atoms with Crippen LogP contribution in [0.2, 0.25) is 5.04 Å². The number of rotatable bonds is 10. The number of halogens is 3. The minimum Gasteiger partial charge on any atom is -0.507 e. The highest BCUT2D eigenvalue weighted by Crippen LogP contribution is 2.42. The number of phenols is 1. The first kappa shape index (κ1) is 35.1. The van der Waals surface area contributed by atoms with Crippen LogP contribution in [-0.4, -0.2) is 60.3 Å². The molecule has 49 heavy (non-hydrogen) atoms. The van der Waals surface area contributed by atoms with E-state index in [9.17, 15) is 18.3 Å². The number of nitrogens with zero attached hydrogens (tertiary/aromatic N) is 3. The van der Waals surface area contributed by atoms with E-state index in [0.717, 1.165) is 69.4 Å². The van der Waals surface area contributed by atoms with Crippen LogP contribution in [0.25, 0.3) is 11.3 Å². The molecule has 10 heteroatoms. The molecule has 1 aliphatic carbocycles. The van der Waals surface area contributed by atoms with Gasteiger partial charge in [0.05, 0.1) is 11.3 Å². The summed E-state index contributed by atoms with van der Waals surface area (Å²) in [6, 6.07) is 26.7. The van der Waals surface area contributed by atoms with Crippen LogP contribution in [0.4, 0.5) is 19.0 Å². The summed E-state index contributed by atoms with van der Waals surface area (Å²) in [6.45, 7) is 11.9. The number of nitrogens with one attached hydrogen (secondary N) is 1. The number of benzene rings is 3. The van der Waals surface area contributed by atoms with Crippen molar-refractivity contribution >= 4 is 24.5 Å². The molecule has 1 aromatic heterocycles. The summed E-state index contributed by atoms with van der Waals surface area (Å²) < 4.78 is 46.5. The molecule has 1 aliphatic heterocycles. The maximum atomic E-state index is 13.1. The van der Waals surface area contributed by atoms with E-state index < -0.39 is 25.8 Å². The fourth-order valence-corrected chi connectivity index (χ4v) is 12.3. The van der Waals surface area contributed by atoms with Crippen molar-refractivity contribution in [1.29, 1.82) is 0 Å². The lowest BCUT2D eigenvalue weighted by Crippen LogP contribution is -2.68. The highest BCUT2D eigenvalue weighted by atomic mass is 28.4. The SMILES string of the molecule is Cc1cc(N[C@@H]2CCCN(CCC3CC(O[Si](c4ccccc4)(c4ccccc4)C(C)(C)C)C3)C2)nnc1-c1ccc(C(F)(F)F)cc1O. The number of aromatic hydroxyl groups is 1. The van der Waals surface area contributed by atoms with Crippen LogP contribution in [-0.2, 0) is 10.6 Å². The van der Waals surface area contributed by atoms with Crippen LogP contribution < -0.4 is 15.7 Å². The van der Waals surface area contributed by atoms with Gasteiger partial charge >= 0.3 is 6.18 Å². The zero-order chi connectivity index (χ0) is 34.8. The molecule has 0 radical (unpaired) electrons. The largest absolute Gasteiger partial charge is 0.507 e. The van der Waals surface area contributed by atoms with Gasteiger partial charge in [0.1, 0.15) is 11.6 Å². The summed E-state index contributed by atoms with van der Waals surface area (Å²) in [6.07, 6.45) is 1.19. The van der Waals surface area contributed by atoms with Crippen molar-refractivity contribution in [3.8, 4) is 17.0 Å². The summed E-state index contributed by atoms with van der Waals surface area (Å²) in [5.74, 6) is 0.809. The predicted octanol–water partition coefficient (Wildman–Crippen LogP) is 7.80. The van der Waals surface area contributed by atoms with Gasteiger partial charge in [-0.1, -0.05) is 81.4 Å². The van der Waals surface area contributed by atoms with Crippen LogP contribution in [0.15, 0.2) is 84.9 Å². The van der Waals surface area contributed by atoms with E-state index in [1.54, 1.807) is 0 Å². The fourth-order valence-electron chi connectivity index (χ4n) is 7.63. The van der Waals surface area contributed by atoms with E-state index in [-0.39, 0.29) is 22.7 Å². The molecule has 4 aromatic rings. The Labute approximate surface area is 288 Å². The maximum Gasteiger partial charge on any atom is 0.416 e. The van der Waals surface area contributed by atoms with Crippen LogP contribution in [0.5, 0.6) is 5.75 Å². The molecule has 3 aromatic carbocycles. The molecule has 2 heterocycles. The third kappa shape index (κ3) is 7.71. The second kappa shape index (κ2) is 14.2. The second-order valence-electron chi connectivity index (χ2n) is 14.8. The number of alkyl halides is 3. The molecule has 6 rings (SSSR count). The number of hydrogen-bond acceptors (Lipinski definition) is 6. The van der Waals surface area contributed by atoms with Gasteiger partial charge in [-0.05, 0) is 103 Å². The molecular formula is C39H47F3N4O2Si. The molecule has 1 saturated carbocycles. The zero-order valence-corrected chi connectivity index (χ0v) is 29.8. The van der Waals surface area contributed by atoms with Gasteiger partial charge in [0.2, 0.25) is 0 Å². The van der Waals surface area contributed by atoms with Crippen molar-refractivity contribution in [3.63, 3.8) is 0 Å². The Balaban J connectivity index is 1.03. The van der Waals surface area contributed by atoms with Gasteiger partial charge in [-0.2, -0.15) is 13.2 Å². The van der Waals surface area contributed by atoms with Gasteiger partial charge < -0.3 is 19.7 Å². The van der Waals surface area contributed by atoms with E-state index in [4.69, 9.17) is 4.43 Å². The summed E-state index contributed by atoms with van der Waals surface area (Å²) in [4.78, 5) is 2.53. The van der Waals surface area contributed by atoms with E-state index in [2.05, 4.69) is 102 Å². The smallest absolute Gasteiger partial charge is 0.416 e. The van der Waals surface area contributed by atoms with Crippen LogP contribution in [0.3, 0.4) is 0 Å². The number of likely N-dealkylation sites (tertiary alicyclic amines) is 1. The van der Waals surface area contributed by atoms with E-state index in [1.165, 1.54) is 16.4 Å². The van der Waals surface area contributed by atoms with E-state index in [0.29, 0.717) is 17.4 Å². The average Bonchev–Trinajstić information content (AvgIpc) is 3.04. The molecule has 0 spiro atoms. The Morgan fingerprint density at radius 1 is 0.918 bits per heavy atom. The van der Waals surface area contributed by atoms with E-state index >= 15 is 0 Å². The monoisotopic (exact) mass is 688 g/mol. The Morgan fingerprint density at radius 2 is 1.57 bits per heavy atom. The van der Waals surface area contributed by atoms with Gasteiger partial charge in [0, 0.05) is 24.3 Å². The van der Waals surface area contributed by atoms with Crippen LogP contribution >= 0.6 is 0 Å². The highest BCUT2D eigenvalue weighted by molar-refractivity contribution is 6.99. The molecular weight excluding hydrogens is 642 g/mol. The van der Waals surface area contributed by atoms with Gasteiger partial charge in [-0.25, -0.2) is 0 Å². The molecule has 0 amide bonds. The average molecular weight is 689 g/mol. The summed E-state index contributed by atoms with van der Waals surface area (Å²) in [5, 5.41) is 25.1. The van der Waals surface area contributed by atoms with Gasteiger partial charge in [0.15, 0.2) is 0 Å². The van der Waals surface area contributed by atoms with Gasteiger partial charge in [-0.15, -0.1) is 10.2 Å². The molecule has 260 valence electrons. The van der Waals surface area contributed by atoms with Crippen molar-refractivity contribution in [2.45, 2.75) is 83.2 Å².